The lowest BCUT2D eigenvalue weighted by molar-refractivity contribution is -0.353. The topological polar surface area (TPSA) is 26.3 Å². The molecule has 0 heterocycles. The summed E-state index contributed by atoms with van der Waals surface area (Å²) in [7, 11) is 0. The Balaban J connectivity index is 2.22. The summed E-state index contributed by atoms with van der Waals surface area (Å²) in [6, 6.07) is 0. The van der Waals surface area contributed by atoms with E-state index < -0.39 is 23.6 Å². The SMILES string of the molecule is O=C(Cl)[C@H]1C[C@@H](OC(F)(F)F)C1. The fourth-order valence-corrected chi connectivity index (χ4v) is 1.21. The van der Waals surface area contributed by atoms with Crippen molar-refractivity contribution in [1.29, 1.82) is 0 Å². The third-order valence-electron chi connectivity index (χ3n) is 1.72. The molecular weight excluding hydrogens is 197 g/mol. The molecule has 0 unspecified atom stereocenters. The fraction of sp³-hybridized carbons (Fsp3) is 0.833. The van der Waals surface area contributed by atoms with Gasteiger partial charge in [-0.25, -0.2) is 0 Å². The highest BCUT2D eigenvalue weighted by atomic mass is 35.5. The molecule has 70 valence electrons. The summed E-state index contributed by atoms with van der Waals surface area (Å²) < 4.78 is 38.2. The van der Waals surface area contributed by atoms with Gasteiger partial charge in [-0.15, -0.1) is 13.2 Å². The van der Waals surface area contributed by atoms with Crippen LogP contribution in [-0.4, -0.2) is 17.7 Å². The van der Waals surface area contributed by atoms with Crippen molar-refractivity contribution < 1.29 is 22.7 Å². The number of carbonyl (C=O) groups excluding carboxylic acids is 1. The van der Waals surface area contributed by atoms with Crippen LogP contribution in [0.25, 0.3) is 0 Å². The van der Waals surface area contributed by atoms with Crippen LogP contribution in [0.3, 0.4) is 0 Å². The molecule has 12 heavy (non-hydrogen) atoms. The van der Waals surface area contributed by atoms with Crippen molar-refractivity contribution in [1.82, 2.24) is 0 Å². The Kier molecular flexibility index (Phi) is 2.63. The van der Waals surface area contributed by atoms with Crippen LogP contribution in [0.1, 0.15) is 12.8 Å². The normalized spacial score (nSPS) is 29.7. The molecule has 0 N–H and O–H groups in total. The van der Waals surface area contributed by atoms with Gasteiger partial charge in [0.05, 0.1) is 6.10 Å². The predicted octanol–water partition coefficient (Wildman–Crippen LogP) is 2.07. The Morgan fingerprint density at radius 2 is 1.92 bits per heavy atom. The van der Waals surface area contributed by atoms with E-state index in [0.29, 0.717) is 0 Å². The highest BCUT2D eigenvalue weighted by molar-refractivity contribution is 6.64. The first kappa shape index (κ1) is 9.80. The summed E-state index contributed by atoms with van der Waals surface area (Å²) in [5.74, 6) is -0.459. The number of halogens is 4. The van der Waals surface area contributed by atoms with Crippen molar-refractivity contribution >= 4 is 16.8 Å². The molecule has 0 amide bonds. The van der Waals surface area contributed by atoms with E-state index in [-0.39, 0.29) is 12.8 Å². The van der Waals surface area contributed by atoms with Crippen LogP contribution in [-0.2, 0) is 9.53 Å². The number of rotatable bonds is 2. The lowest BCUT2D eigenvalue weighted by Gasteiger charge is -2.32. The van der Waals surface area contributed by atoms with E-state index in [1.807, 2.05) is 0 Å². The average Bonchev–Trinajstić information content (AvgIpc) is 1.74. The van der Waals surface area contributed by atoms with Crippen LogP contribution in [0.15, 0.2) is 0 Å². The fourth-order valence-electron chi connectivity index (χ4n) is 1.04. The summed E-state index contributed by atoms with van der Waals surface area (Å²) in [5.41, 5.74) is 0. The first-order valence-electron chi connectivity index (χ1n) is 3.32. The lowest BCUT2D eigenvalue weighted by Crippen LogP contribution is -2.38. The first-order valence-corrected chi connectivity index (χ1v) is 3.70. The van der Waals surface area contributed by atoms with Gasteiger partial charge in [0.15, 0.2) is 0 Å². The summed E-state index contributed by atoms with van der Waals surface area (Å²) >= 11 is 5.04. The molecule has 0 spiro atoms. The van der Waals surface area contributed by atoms with Gasteiger partial charge < -0.3 is 0 Å². The number of carbonyl (C=O) groups is 1. The minimum atomic E-state index is -4.61. The predicted molar refractivity (Wildman–Crippen MR) is 34.5 cm³/mol. The highest BCUT2D eigenvalue weighted by Crippen LogP contribution is 2.35. The molecule has 1 rings (SSSR count). The molecule has 1 fully saturated rings. The van der Waals surface area contributed by atoms with Gasteiger partial charge >= 0.3 is 6.36 Å². The molecule has 0 aromatic rings. The van der Waals surface area contributed by atoms with Crippen molar-refractivity contribution in [2.45, 2.75) is 25.3 Å². The van der Waals surface area contributed by atoms with E-state index in [0.717, 1.165) is 0 Å². The average molecular weight is 203 g/mol. The Morgan fingerprint density at radius 3 is 2.25 bits per heavy atom. The zero-order chi connectivity index (χ0) is 9.35. The zero-order valence-corrected chi connectivity index (χ0v) is 6.65. The van der Waals surface area contributed by atoms with E-state index in [2.05, 4.69) is 4.74 Å². The van der Waals surface area contributed by atoms with Gasteiger partial charge in [0.2, 0.25) is 5.24 Å². The van der Waals surface area contributed by atoms with E-state index in [1.165, 1.54) is 0 Å². The van der Waals surface area contributed by atoms with E-state index in [9.17, 15) is 18.0 Å². The van der Waals surface area contributed by atoms with E-state index in [4.69, 9.17) is 11.6 Å². The molecule has 0 radical (unpaired) electrons. The van der Waals surface area contributed by atoms with Crippen LogP contribution in [0.5, 0.6) is 0 Å². The molecule has 0 saturated heterocycles. The molecule has 0 atom stereocenters. The standard InChI is InChI=1S/C6H6ClF3O2/c7-5(11)3-1-4(2-3)12-6(8,9)10/h3-4H,1-2H2/t3-,4+. The molecule has 6 heteroatoms. The second-order valence-corrected chi connectivity index (χ2v) is 3.03. The van der Waals surface area contributed by atoms with Crippen LogP contribution < -0.4 is 0 Å². The smallest absolute Gasteiger partial charge is 0.289 e. The highest BCUT2D eigenvalue weighted by Gasteiger charge is 2.42. The van der Waals surface area contributed by atoms with Crippen molar-refractivity contribution in [2.24, 2.45) is 5.92 Å². The van der Waals surface area contributed by atoms with Gasteiger partial charge in [-0.2, -0.15) is 0 Å². The van der Waals surface area contributed by atoms with Gasteiger partial charge in [-0.3, -0.25) is 9.53 Å². The first-order chi connectivity index (χ1) is 5.38. The van der Waals surface area contributed by atoms with Gasteiger partial charge in [-0.1, -0.05) is 0 Å². The maximum atomic E-state index is 11.5. The van der Waals surface area contributed by atoms with E-state index in [1.54, 1.807) is 0 Å². The Morgan fingerprint density at radius 1 is 1.42 bits per heavy atom. The number of ether oxygens (including phenoxy) is 1. The van der Waals surface area contributed by atoms with Crippen LogP contribution >= 0.6 is 11.6 Å². The molecule has 0 bridgehead atoms. The van der Waals surface area contributed by atoms with Gasteiger partial charge in [0.1, 0.15) is 0 Å². The second-order valence-electron chi connectivity index (χ2n) is 2.66. The number of hydrogen-bond acceptors (Lipinski definition) is 2. The minimum absolute atomic E-state index is 0.0713. The lowest BCUT2D eigenvalue weighted by atomic mass is 9.83. The molecule has 0 aromatic heterocycles. The van der Waals surface area contributed by atoms with Crippen molar-refractivity contribution in [2.75, 3.05) is 0 Å². The van der Waals surface area contributed by atoms with Gasteiger partial charge in [-0.05, 0) is 24.4 Å². The number of hydrogen-bond donors (Lipinski definition) is 0. The molecule has 0 aromatic carbocycles. The van der Waals surface area contributed by atoms with Crippen molar-refractivity contribution in [3.63, 3.8) is 0 Å². The molecule has 1 saturated carbocycles. The van der Waals surface area contributed by atoms with Crippen LogP contribution in [0.2, 0.25) is 0 Å². The molecule has 1 aliphatic carbocycles. The summed E-state index contributed by atoms with van der Waals surface area (Å²) in [5, 5.41) is -0.586. The quantitative estimate of drug-likeness (QED) is 0.641. The summed E-state index contributed by atoms with van der Waals surface area (Å²) in [4.78, 5) is 10.4. The minimum Gasteiger partial charge on any atom is -0.289 e. The zero-order valence-electron chi connectivity index (χ0n) is 5.90. The summed E-state index contributed by atoms with van der Waals surface area (Å²) in [6.07, 6.45) is -5.35. The molecule has 1 aliphatic rings. The third kappa shape index (κ3) is 2.64. The largest absolute Gasteiger partial charge is 0.522 e. The molecular formula is C6H6ClF3O2. The monoisotopic (exact) mass is 202 g/mol. The van der Waals surface area contributed by atoms with Gasteiger partial charge in [0.25, 0.3) is 0 Å². The van der Waals surface area contributed by atoms with Crippen molar-refractivity contribution in [3.05, 3.63) is 0 Å². The van der Waals surface area contributed by atoms with Crippen LogP contribution in [0, 0.1) is 5.92 Å². The second kappa shape index (κ2) is 3.22. The Bertz CT molecular complexity index is 186. The van der Waals surface area contributed by atoms with Gasteiger partial charge in [0, 0.05) is 5.92 Å². The van der Waals surface area contributed by atoms with Crippen molar-refractivity contribution in [3.8, 4) is 0 Å². The van der Waals surface area contributed by atoms with E-state index >= 15 is 0 Å². The number of alkyl halides is 3. The Labute approximate surface area is 71.6 Å². The molecule has 2 nitrogen and oxygen atoms in total. The maximum absolute atomic E-state index is 11.5. The summed E-state index contributed by atoms with van der Waals surface area (Å²) in [6.45, 7) is 0. The third-order valence-corrected chi connectivity index (χ3v) is 2.02. The Hall–Kier alpha value is -0.290. The molecule has 0 aliphatic heterocycles. The van der Waals surface area contributed by atoms with Crippen LogP contribution in [0.4, 0.5) is 13.2 Å². The maximum Gasteiger partial charge on any atom is 0.522 e.